The molecule has 0 aliphatic heterocycles. The maximum Gasteiger partial charge on any atom is 0.416 e. The summed E-state index contributed by atoms with van der Waals surface area (Å²) in [5.41, 5.74) is -2.38. The number of furan rings is 1. The molecule has 110 valence electrons. The number of hydrogen-bond acceptors (Lipinski definition) is 4. The predicted molar refractivity (Wildman–Crippen MR) is 64.8 cm³/mol. The van der Waals surface area contributed by atoms with Gasteiger partial charge in [0.15, 0.2) is 5.76 Å². The molecule has 0 saturated heterocycles. The normalized spacial score (nSPS) is 11.2. The van der Waals surface area contributed by atoms with E-state index in [9.17, 15) is 28.1 Å². The van der Waals surface area contributed by atoms with Crippen LogP contribution in [0.4, 0.5) is 24.5 Å². The molecule has 9 heteroatoms. The van der Waals surface area contributed by atoms with Crippen LogP contribution in [0.15, 0.2) is 41.0 Å². The summed E-state index contributed by atoms with van der Waals surface area (Å²) in [5.74, 6) is -0.924. The summed E-state index contributed by atoms with van der Waals surface area (Å²) >= 11 is 0. The van der Waals surface area contributed by atoms with Crippen LogP contribution >= 0.6 is 0 Å². The quantitative estimate of drug-likeness (QED) is 0.694. The van der Waals surface area contributed by atoms with Gasteiger partial charge in [0.05, 0.1) is 16.7 Å². The number of nitrogens with zero attached hydrogens (tertiary/aromatic N) is 1. The van der Waals surface area contributed by atoms with Crippen molar-refractivity contribution in [1.82, 2.24) is 0 Å². The first-order chi connectivity index (χ1) is 9.79. The van der Waals surface area contributed by atoms with Crippen molar-refractivity contribution in [3.63, 3.8) is 0 Å². The third-order valence-corrected chi connectivity index (χ3v) is 2.51. The maximum atomic E-state index is 12.5. The lowest BCUT2D eigenvalue weighted by molar-refractivity contribution is -0.384. The van der Waals surface area contributed by atoms with Crippen molar-refractivity contribution in [3.05, 3.63) is 58.0 Å². The van der Waals surface area contributed by atoms with Gasteiger partial charge >= 0.3 is 6.18 Å². The van der Waals surface area contributed by atoms with E-state index >= 15 is 0 Å². The Labute approximate surface area is 115 Å². The molecule has 1 amide bonds. The molecule has 1 N–H and O–H groups in total. The zero-order chi connectivity index (χ0) is 15.6. The van der Waals surface area contributed by atoms with Crippen molar-refractivity contribution < 1.29 is 27.3 Å². The molecule has 2 aromatic rings. The van der Waals surface area contributed by atoms with E-state index in [1.165, 1.54) is 18.4 Å². The highest BCUT2D eigenvalue weighted by Gasteiger charge is 2.33. The van der Waals surface area contributed by atoms with Gasteiger partial charge in [-0.3, -0.25) is 14.9 Å². The monoisotopic (exact) mass is 300 g/mol. The molecule has 6 nitrogen and oxygen atoms in total. The van der Waals surface area contributed by atoms with E-state index in [1.807, 2.05) is 0 Å². The van der Waals surface area contributed by atoms with Gasteiger partial charge < -0.3 is 9.73 Å². The van der Waals surface area contributed by atoms with Crippen molar-refractivity contribution in [2.75, 3.05) is 5.32 Å². The lowest BCUT2D eigenvalue weighted by Gasteiger charge is -2.09. The second-order valence-corrected chi connectivity index (χ2v) is 3.92. The number of hydrogen-bond donors (Lipinski definition) is 1. The number of halogens is 3. The highest BCUT2D eigenvalue weighted by molar-refractivity contribution is 6.03. The molecular formula is C12H7F3N2O4. The van der Waals surface area contributed by atoms with Gasteiger partial charge in [0.25, 0.3) is 11.6 Å². The zero-order valence-electron chi connectivity index (χ0n) is 10.2. The number of rotatable bonds is 3. The van der Waals surface area contributed by atoms with Crippen LogP contribution in [0.5, 0.6) is 0 Å². The number of nitro groups is 1. The van der Waals surface area contributed by atoms with E-state index in [-0.39, 0.29) is 11.4 Å². The smallest absolute Gasteiger partial charge is 0.416 e. The second-order valence-electron chi connectivity index (χ2n) is 3.92. The molecule has 0 aliphatic rings. The molecule has 1 heterocycles. The Morgan fingerprint density at radius 3 is 2.52 bits per heavy atom. The van der Waals surface area contributed by atoms with E-state index in [2.05, 4.69) is 5.32 Å². The molecule has 0 saturated carbocycles. The number of benzene rings is 1. The van der Waals surface area contributed by atoms with Crippen molar-refractivity contribution in [3.8, 4) is 0 Å². The molecule has 1 aromatic carbocycles. The molecule has 0 fully saturated rings. The minimum Gasteiger partial charge on any atom is -0.459 e. The lowest BCUT2D eigenvalue weighted by atomic mass is 10.1. The van der Waals surface area contributed by atoms with E-state index < -0.39 is 28.3 Å². The fourth-order valence-corrected chi connectivity index (χ4v) is 1.56. The molecular weight excluding hydrogens is 293 g/mol. The summed E-state index contributed by atoms with van der Waals surface area (Å²) in [6.45, 7) is 0. The molecule has 0 radical (unpaired) electrons. The van der Waals surface area contributed by atoms with Gasteiger partial charge in [0.2, 0.25) is 0 Å². The van der Waals surface area contributed by atoms with E-state index in [4.69, 9.17) is 4.42 Å². The van der Waals surface area contributed by atoms with Crippen molar-refractivity contribution in [2.45, 2.75) is 6.18 Å². The molecule has 0 atom stereocenters. The summed E-state index contributed by atoms with van der Waals surface area (Å²) in [6.07, 6.45) is -3.50. The molecule has 0 unspecified atom stereocenters. The van der Waals surface area contributed by atoms with Crippen LogP contribution in [-0.2, 0) is 6.18 Å². The fraction of sp³-hybridized carbons (Fsp3) is 0.0833. The molecule has 0 spiro atoms. The molecule has 0 bridgehead atoms. The topological polar surface area (TPSA) is 85.4 Å². The lowest BCUT2D eigenvalue weighted by Crippen LogP contribution is -2.13. The standard InChI is InChI=1S/C12H7F3N2O4/c13-12(14,15)7-3-4-8(9(6-7)17(19)20)16-11(18)10-2-1-5-21-10/h1-6H,(H,16,18). The number of nitro benzene ring substituents is 1. The van der Waals surface area contributed by atoms with Gasteiger partial charge in [-0.2, -0.15) is 13.2 Å². The van der Waals surface area contributed by atoms with Crippen molar-refractivity contribution >= 4 is 17.3 Å². The Morgan fingerprint density at radius 2 is 2.00 bits per heavy atom. The molecule has 2 rings (SSSR count). The summed E-state index contributed by atoms with van der Waals surface area (Å²) in [7, 11) is 0. The zero-order valence-corrected chi connectivity index (χ0v) is 10.2. The van der Waals surface area contributed by atoms with Crippen LogP contribution in [0.25, 0.3) is 0 Å². The van der Waals surface area contributed by atoms with Crippen LogP contribution in [0.3, 0.4) is 0 Å². The summed E-state index contributed by atoms with van der Waals surface area (Å²) in [4.78, 5) is 21.5. The maximum absolute atomic E-state index is 12.5. The van der Waals surface area contributed by atoms with Crippen LogP contribution in [0.2, 0.25) is 0 Å². The Balaban J connectivity index is 2.35. The first-order valence-corrected chi connectivity index (χ1v) is 5.49. The van der Waals surface area contributed by atoms with Gasteiger partial charge in [-0.25, -0.2) is 0 Å². The highest BCUT2D eigenvalue weighted by Crippen LogP contribution is 2.35. The van der Waals surface area contributed by atoms with E-state index in [1.54, 1.807) is 0 Å². The van der Waals surface area contributed by atoms with Crippen molar-refractivity contribution in [2.24, 2.45) is 0 Å². The summed E-state index contributed by atoms with van der Waals surface area (Å²) in [6, 6.07) is 4.56. The minimum atomic E-state index is -4.71. The Hall–Kier alpha value is -2.84. The Bertz CT molecular complexity index is 680. The van der Waals surface area contributed by atoms with Crippen molar-refractivity contribution in [1.29, 1.82) is 0 Å². The average molecular weight is 300 g/mol. The first-order valence-electron chi connectivity index (χ1n) is 5.49. The summed E-state index contributed by atoms with van der Waals surface area (Å²) in [5, 5.41) is 13.0. The van der Waals surface area contributed by atoms with Gasteiger partial charge in [-0.15, -0.1) is 0 Å². The third-order valence-electron chi connectivity index (χ3n) is 2.51. The van der Waals surface area contributed by atoms with Gasteiger partial charge in [0.1, 0.15) is 5.69 Å². The number of anilines is 1. The summed E-state index contributed by atoms with van der Waals surface area (Å²) < 4.78 is 42.4. The minimum absolute atomic E-state index is 0.121. The highest BCUT2D eigenvalue weighted by atomic mass is 19.4. The number of carbonyl (C=O) groups is 1. The first kappa shape index (κ1) is 14.6. The number of alkyl halides is 3. The van der Waals surface area contributed by atoms with E-state index in [0.717, 1.165) is 6.07 Å². The van der Waals surface area contributed by atoms with E-state index in [0.29, 0.717) is 12.1 Å². The van der Waals surface area contributed by atoms with Gasteiger partial charge in [0, 0.05) is 6.07 Å². The molecule has 21 heavy (non-hydrogen) atoms. The van der Waals surface area contributed by atoms with Gasteiger partial charge in [-0.1, -0.05) is 0 Å². The molecule has 0 aliphatic carbocycles. The third kappa shape index (κ3) is 3.19. The number of carbonyl (C=O) groups excluding carboxylic acids is 1. The van der Waals surface area contributed by atoms with Crippen LogP contribution < -0.4 is 5.32 Å². The number of amides is 1. The fourth-order valence-electron chi connectivity index (χ4n) is 1.56. The second kappa shape index (κ2) is 5.27. The molecule has 1 aromatic heterocycles. The number of nitrogens with one attached hydrogen (secondary N) is 1. The van der Waals surface area contributed by atoms with Crippen LogP contribution in [0, 0.1) is 10.1 Å². The SMILES string of the molecule is O=C(Nc1ccc(C(F)(F)F)cc1[N+](=O)[O-])c1ccco1. The average Bonchev–Trinajstić information content (AvgIpc) is 2.91. The predicted octanol–water partition coefficient (Wildman–Crippen LogP) is 3.46. The Morgan fingerprint density at radius 1 is 1.29 bits per heavy atom. The van der Waals surface area contributed by atoms with Crippen LogP contribution in [0.1, 0.15) is 16.1 Å². The Kier molecular flexibility index (Phi) is 3.66. The van der Waals surface area contributed by atoms with Crippen LogP contribution in [-0.4, -0.2) is 10.8 Å². The van der Waals surface area contributed by atoms with Gasteiger partial charge in [-0.05, 0) is 24.3 Å². The largest absolute Gasteiger partial charge is 0.459 e.